The Hall–Kier alpha value is -1.79. The third-order valence-corrected chi connectivity index (χ3v) is 5.14. The van der Waals surface area contributed by atoms with E-state index in [1.54, 1.807) is 7.11 Å². The lowest BCUT2D eigenvalue weighted by Crippen LogP contribution is -2.41. The molecular formula is C18H25BN2O3. The molecule has 1 unspecified atom stereocenters. The van der Waals surface area contributed by atoms with Crippen LogP contribution in [0.5, 0.6) is 5.75 Å². The number of hydrogen-bond donors (Lipinski definition) is 0. The lowest BCUT2D eigenvalue weighted by atomic mass is 9.82. The lowest BCUT2D eigenvalue weighted by molar-refractivity contribution is 0.00578. The molecule has 2 aromatic rings. The van der Waals surface area contributed by atoms with Gasteiger partial charge in [-0.25, -0.2) is 0 Å². The number of hydrogen-bond acceptors (Lipinski definition) is 4. The highest BCUT2D eigenvalue weighted by Gasteiger charge is 2.52. The van der Waals surface area contributed by atoms with Gasteiger partial charge < -0.3 is 14.0 Å². The second-order valence-corrected chi connectivity index (χ2v) is 7.29. The SMILES string of the molecule is COc1ccc(C(C)n2cc(B3OC(C)(C)C(C)(C)O3)cn2)cc1. The van der Waals surface area contributed by atoms with E-state index < -0.39 is 0 Å². The van der Waals surface area contributed by atoms with Crippen LogP contribution >= 0.6 is 0 Å². The van der Waals surface area contributed by atoms with Crippen molar-refractivity contribution in [3.05, 3.63) is 42.2 Å². The minimum absolute atomic E-state index is 0.118. The Balaban J connectivity index is 1.78. The van der Waals surface area contributed by atoms with E-state index in [1.165, 1.54) is 5.56 Å². The number of nitrogens with zero attached hydrogens (tertiary/aromatic N) is 2. The summed E-state index contributed by atoms with van der Waals surface area (Å²) in [4.78, 5) is 0. The van der Waals surface area contributed by atoms with Crippen LogP contribution in [0.1, 0.15) is 46.2 Å². The van der Waals surface area contributed by atoms with E-state index in [0.717, 1.165) is 11.2 Å². The molecule has 0 aliphatic carbocycles. The Morgan fingerprint density at radius 1 is 1.08 bits per heavy atom. The van der Waals surface area contributed by atoms with Gasteiger partial charge in [0.2, 0.25) is 0 Å². The van der Waals surface area contributed by atoms with Crippen molar-refractivity contribution in [2.75, 3.05) is 7.11 Å². The summed E-state index contributed by atoms with van der Waals surface area (Å²) in [6.45, 7) is 10.3. The molecule has 0 spiro atoms. The maximum Gasteiger partial charge on any atom is 0.498 e. The van der Waals surface area contributed by atoms with Crippen molar-refractivity contribution < 1.29 is 14.0 Å². The Morgan fingerprint density at radius 2 is 1.67 bits per heavy atom. The van der Waals surface area contributed by atoms with Crippen LogP contribution in [0.4, 0.5) is 0 Å². The summed E-state index contributed by atoms with van der Waals surface area (Å²) in [5.74, 6) is 0.851. The molecule has 0 radical (unpaired) electrons. The quantitative estimate of drug-likeness (QED) is 0.810. The zero-order chi connectivity index (χ0) is 17.5. The highest BCUT2D eigenvalue weighted by molar-refractivity contribution is 6.62. The van der Waals surface area contributed by atoms with Crippen LogP contribution in [0.3, 0.4) is 0 Å². The van der Waals surface area contributed by atoms with E-state index >= 15 is 0 Å². The molecule has 1 atom stereocenters. The van der Waals surface area contributed by atoms with Crippen LogP contribution in [-0.2, 0) is 9.31 Å². The second kappa shape index (κ2) is 5.94. The van der Waals surface area contributed by atoms with Crippen molar-refractivity contribution in [1.82, 2.24) is 9.78 Å². The average Bonchev–Trinajstić information content (AvgIpc) is 3.10. The number of aromatic nitrogens is 2. The standard InChI is InChI=1S/C18H25BN2O3/c1-13(14-7-9-16(22-6)10-8-14)21-12-15(11-20-21)19-23-17(2,3)18(4,5)24-19/h7-13H,1-6H3. The van der Waals surface area contributed by atoms with Gasteiger partial charge in [0.15, 0.2) is 0 Å². The summed E-state index contributed by atoms with van der Waals surface area (Å²) in [7, 11) is 1.29. The molecule has 2 heterocycles. The zero-order valence-electron chi connectivity index (χ0n) is 15.2. The molecule has 24 heavy (non-hydrogen) atoms. The average molecular weight is 328 g/mol. The van der Waals surface area contributed by atoms with Gasteiger partial charge in [-0.2, -0.15) is 5.10 Å². The first-order valence-corrected chi connectivity index (χ1v) is 8.27. The van der Waals surface area contributed by atoms with Gasteiger partial charge in [0, 0.05) is 17.9 Å². The third-order valence-electron chi connectivity index (χ3n) is 5.14. The highest BCUT2D eigenvalue weighted by Crippen LogP contribution is 2.36. The van der Waals surface area contributed by atoms with Crippen molar-refractivity contribution in [1.29, 1.82) is 0 Å². The molecule has 5 nitrogen and oxygen atoms in total. The predicted octanol–water partition coefficient (Wildman–Crippen LogP) is 2.80. The Kier molecular flexibility index (Phi) is 4.22. The van der Waals surface area contributed by atoms with Gasteiger partial charge in [-0.15, -0.1) is 0 Å². The Morgan fingerprint density at radius 3 is 2.21 bits per heavy atom. The molecule has 1 aromatic heterocycles. The third kappa shape index (κ3) is 2.96. The molecule has 6 heteroatoms. The van der Waals surface area contributed by atoms with Crippen LogP contribution in [0.2, 0.25) is 0 Å². The molecule has 0 amide bonds. The van der Waals surface area contributed by atoms with Gasteiger partial charge in [-0.3, -0.25) is 4.68 Å². The summed E-state index contributed by atoms with van der Waals surface area (Å²) in [6, 6.07) is 8.15. The summed E-state index contributed by atoms with van der Waals surface area (Å²) < 4.78 is 19.3. The molecular weight excluding hydrogens is 303 g/mol. The Labute approximate surface area is 144 Å². The van der Waals surface area contributed by atoms with Crippen molar-refractivity contribution in [3.8, 4) is 5.75 Å². The number of rotatable bonds is 4. The summed E-state index contributed by atoms with van der Waals surface area (Å²) in [5.41, 5.74) is 1.41. The van der Waals surface area contributed by atoms with E-state index in [9.17, 15) is 0 Å². The van der Waals surface area contributed by atoms with Gasteiger partial charge in [0.25, 0.3) is 0 Å². The van der Waals surface area contributed by atoms with Crippen molar-refractivity contribution in [2.24, 2.45) is 0 Å². The molecule has 3 rings (SSSR count). The fraction of sp³-hybridized carbons (Fsp3) is 0.500. The van der Waals surface area contributed by atoms with Gasteiger partial charge in [-0.05, 0) is 52.3 Å². The van der Waals surface area contributed by atoms with E-state index in [1.807, 2.05) is 29.2 Å². The molecule has 0 saturated carbocycles. The van der Waals surface area contributed by atoms with Gasteiger partial charge >= 0.3 is 7.12 Å². The zero-order valence-corrected chi connectivity index (χ0v) is 15.2. The van der Waals surface area contributed by atoms with Crippen LogP contribution in [0, 0.1) is 0 Å². The monoisotopic (exact) mass is 328 g/mol. The fourth-order valence-electron chi connectivity index (χ4n) is 2.70. The number of methoxy groups -OCH3 is 1. The summed E-state index contributed by atoms with van der Waals surface area (Å²) in [6.07, 6.45) is 3.82. The van der Waals surface area contributed by atoms with E-state index in [-0.39, 0.29) is 24.4 Å². The molecule has 1 saturated heterocycles. The number of benzene rings is 1. The first-order chi connectivity index (χ1) is 11.2. The van der Waals surface area contributed by atoms with Crippen LogP contribution in [0.25, 0.3) is 0 Å². The highest BCUT2D eigenvalue weighted by atomic mass is 16.7. The van der Waals surface area contributed by atoms with E-state index in [2.05, 4.69) is 51.9 Å². The minimum atomic E-state index is -0.383. The second-order valence-electron chi connectivity index (χ2n) is 7.29. The van der Waals surface area contributed by atoms with Crippen LogP contribution < -0.4 is 10.2 Å². The van der Waals surface area contributed by atoms with Crippen molar-refractivity contribution >= 4 is 12.6 Å². The minimum Gasteiger partial charge on any atom is -0.497 e. The van der Waals surface area contributed by atoms with Crippen molar-refractivity contribution in [3.63, 3.8) is 0 Å². The largest absolute Gasteiger partial charge is 0.498 e. The van der Waals surface area contributed by atoms with E-state index in [0.29, 0.717) is 0 Å². The molecule has 1 aliphatic heterocycles. The topological polar surface area (TPSA) is 45.5 Å². The van der Waals surface area contributed by atoms with E-state index in [4.69, 9.17) is 14.0 Å². The molecule has 0 bridgehead atoms. The van der Waals surface area contributed by atoms with Crippen LogP contribution in [0.15, 0.2) is 36.7 Å². The first kappa shape index (κ1) is 17.1. The van der Waals surface area contributed by atoms with Gasteiger partial charge in [0.05, 0.1) is 24.4 Å². The Bertz CT molecular complexity index is 693. The lowest BCUT2D eigenvalue weighted by Gasteiger charge is -2.32. The summed E-state index contributed by atoms with van der Waals surface area (Å²) in [5, 5.41) is 4.50. The summed E-state index contributed by atoms with van der Waals surface area (Å²) >= 11 is 0. The molecule has 1 fully saturated rings. The molecule has 0 N–H and O–H groups in total. The molecule has 128 valence electrons. The first-order valence-electron chi connectivity index (χ1n) is 8.27. The predicted molar refractivity (Wildman–Crippen MR) is 94.8 cm³/mol. The maximum absolute atomic E-state index is 6.09. The van der Waals surface area contributed by atoms with Gasteiger partial charge in [0.1, 0.15) is 5.75 Å². The normalized spacial score (nSPS) is 20.2. The molecule has 1 aromatic carbocycles. The fourth-order valence-corrected chi connectivity index (χ4v) is 2.70. The van der Waals surface area contributed by atoms with Crippen molar-refractivity contribution in [2.45, 2.75) is 51.9 Å². The smallest absolute Gasteiger partial charge is 0.497 e. The van der Waals surface area contributed by atoms with Gasteiger partial charge in [-0.1, -0.05) is 12.1 Å². The molecule has 1 aliphatic rings. The maximum atomic E-state index is 6.09. The number of ether oxygens (including phenoxy) is 1. The van der Waals surface area contributed by atoms with Crippen LogP contribution in [-0.4, -0.2) is 35.2 Å².